The zero-order valence-electron chi connectivity index (χ0n) is 9.05. The summed E-state index contributed by atoms with van der Waals surface area (Å²) in [6.07, 6.45) is 1.68. The van der Waals surface area contributed by atoms with Crippen molar-refractivity contribution in [3.05, 3.63) is 28.8 Å². The molecular weight excluding hydrogens is 212 g/mol. The Labute approximate surface area is 95.2 Å². The van der Waals surface area contributed by atoms with E-state index in [1.807, 2.05) is 26.0 Å². The first kappa shape index (κ1) is 12.1. The summed E-state index contributed by atoms with van der Waals surface area (Å²) >= 11 is 5.57. The van der Waals surface area contributed by atoms with E-state index < -0.39 is 0 Å². The maximum absolute atomic E-state index is 10.6. The van der Waals surface area contributed by atoms with Crippen molar-refractivity contribution in [2.75, 3.05) is 12.5 Å². The summed E-state index contributed by atoms with van der Waals surface area (Å²) in [4.78, 5) is 10.6. The standard InChI is InChI=1S/C12H15ClO2/c1-9-6-11(8-14)7-10(2)12(9)15-5-3-4-13/h6-8H,3-5H2,1-2H3. The van der Waals surface area contributed by atoms with Crippen LogP contribution in [0.4, 0.5) is 0 Å². The van der Waals surface area contributed by atoms with Crippen LogP contribution in [0.1, 0.15) is 27.9 Å². The Morgan fingerprint density at radius 3 is 2.40 bits per heavy atom. The summed E-state index contributed by atoms with van der Waals surface area (Å²) in [5, 5.41) is 0. The van der Waals surface area contributed by atoms with E-state index in [1.165, 1.54) is 0 Å². The number of ether oxygens (including phenoxy) is 1. The molecule has 2 nitrogen and oxygen atoms in total. The third kappa shape index (κ3) is 3.24. The molecule has 0 radical (unpaired) electrons. The van der Waals surface area contributed by atoms with Crippen molar-refractivity contribution in [2.24, 2.45) is 0 Å². The monoisotopic (exact) mass is 226 g/mol. The molecule has 0 aliphatic rings. The smallest absolute Gasteiger partial charge is 0.150 e. The number of halogens is 1. The maximum atomic E-state index is 10.6. The zero-order chi connectivity index (χ0) is 11.3. The molecule has 0 N–H and O–H groups in total. The van der Waals surface area contributed by atoms with Gasteiger partial charge in [-0.3, -0.25) is 4.79 Å². The van der Waals surface area contributed by atoms with Gasteiger partial charge in [-0.15, -0.1) is 11.6 Å². The highest BCUT2D eigenvalue weighted by atomic mass is 35.5. The number of hydrogen-bond acceptors (Lipinski definition) is 2. The second-order valence-corrected chi connectivity index (χ2v) is 3.87. The molecule has 1 aromatic rings. The van der Waals surface area contributed by atoms with Crippen molar-refractivity contribution >= 4 is 17.9 Å². The molecule has 82 valence electrons. The molecule has 3 heteroatoms. The van der Waals surface area contributed by atoms with Gasteiger partial charge in [-0.1, -0.05) is 0 Å². The fourth-order valence-electron chi connectivity index (χ4n) is 1.51. The van der Waals surface area contributed by atoms with Crippen molar-refractivity contribution in [3.8, 4) is 5.75 Å². The number of benzene rings is 1. The minimum absolute atomic E-state index is 0.602. The van der Waals surface area contributed by atoms with Crippen molar-refractivity contribution in [1.82, 2.24) is 0 Å². The second kappa shape index (κ2) is 5.76. The van der Waals surface area contributed by atoms with Crippen molar-refractivity contribution in [1.29, 1.82) is 0 Å². The molecule has 0 fully saturated rings. The Morgan fingerprint density at radius 2 is 1.93 bits per heavy atom. The highest BCUT2D eigenvalue weighted by Gasteiger charge is 2.05. The van der Waals surface area contributed by atoms with Crippen LogP contribution >= 0.6 is 11.6 Å². The third-order valence-electron chi connectivity index (χ3n) is 2.14. The Bertz CT molecular complexity index is 324. The molecule has 0 heterocycles. The quantitative estimate of drug-likeness (QED) is 0.438. The molecule has 1 aromatic carbocycles. The van der Waals surface area contributed by atoms with Crippen LogP contribution in [0.5, 0.6) is 5.75 Å². The van der Waals surface area contributed by atoms with E-state index in [-0.39, 0.29) is 0 Å². The number of aldehydes is 1. The summed E-state index contributed by atoms with van der Waals surface area (Å²) in [6.45, 7) is 4.50. The van der Waals surface area contributed by atoms with Gasteiger partial charge >= 0.3 is 0 Å². The Morgan fingerprint density at radius 1 is 1.33 bits per heavy atom. The molecule has 0 spiro atoms. The lowest BCUT2D eigenvalue weighted by Gasteiger charge is -2.12. The van der Waals surface area contributed by atoms with Crippen LogP contribution in [0.15, 0.2) is 12.1 Å². The first-order valence-electron chi connectivity index (χ1n) is 4.94. The molecule has 1 rings (SSSR count). The summed E-state index contributed by atoms with van der Waals surface area (Å²) in [5.74, 6) is 1.47. The van der Waals surface area contributed by atoms with Crippen molar-refractivity contribution in [2.45, 2.75) is 20.3 Å². The van der Waals surface area contributed by atoms with Gasteiger partial charge in [0.25, 0.3) is 0 Å². The molecule has 0 unspecified atom stereocenters. The van der Waals surface area contributed by atoms with Crippen LogP contribution in [-0.4, -0.2) is 18.8 Å². The highest BCUT2D eigenvalue weighted by molar-refractivity contribution is 6.17. The van der Waals surface area contributed by atoms with Gasteiger partial charge in [-0.05, 0) is 43.5 Å². The van der Waals surface area contributed by atoms with Crippen LogP contribution < -0.4 is 4.74 Å². The predicted octanol–water partition coefficient (Wildman–Crippen LogP) is 3.12. The van der Waals surface area contributed by atoms with Crippen LogP contribution in [0, 0.1) is 13.8 Å². The SMILES string of the molecule is Cc1cc(C=O)cc(C)c1OCCCCl. The fraction of sp³-hybridized carbons (Fsp3) is 0.417. The minimum atomic E-state index is 0.602. The Hall–Kier alpha value is -1.02. The lowest BCUT2D eigenvalue weighted by molar-refractivity contribution is 0.112. The molecule has 15 heavy (non-hydrogen) atoms. The molecule has 0 aliphatic heterocycles. The molecule has 0 saturated heterocycles. The molecule has 0 aromatic heterocycles. The number of carbonyl (C=O) groups is 1. The average molecular weight is 227 g/mol. The van der Waals surface area contributed by atoms with E-state index in [4.69, 9.17) is 16.3 Å². The van der Waals surface area contributed by atoms with E-state index in [9.17, 15) is 4.79 Å². The lowest BCUT2D eigenvalue weighted by Crippen LogP contribution is -2.01. The Kier molecular flexibility index (Phi) is 4.63. The molecule has 0 saturated carbocycles. The Balaban J connectivity index is 2.83. The molecular formula is C12H15ClO2. The van der Waals surface area contributed by atoms with Gasteiger partial charge in [-0.2, -0.15) is 0 Å². The number of aryl methyl sites for hydroxylation is 2. The second-order valence-electron chi connectivity index (χ2n) is 3.49. The lowest BCUT2D eigenvalue weighted by atomic mass is 10.1. The average Bonchev–Trinajstić information content (AvgIpc) is 2.22. The van der Waals surface area contributed by atoms with E-state index in [1.54, 1.807) is 0 Å². The molecule has 0 bridgehead atoms. The van der Waals surface area contributed by atoms with Crippen LogP contribution in [0.25, 0.3) is 0 Å². The first-order chi connectivity index (χ1) is 7.19. The van der Waals surface area contributed by atoms with Gasteiger partial charge in [0.15, 0.2) is 0 Å². The molecule has 0 amide bonds. The molecule has 0 aliphatic carbocycles. The molecule has 0 atom stereocenters. The van der Waals surface area contributed by atoms with E-state index in [0.29, 0.717) is 18.1 Å². The van der Waals surface area contributed by atoms with Gasteiger partial charge in [-0.25, -0.2) is 0 Å². The number of hydrogen-bond donors (Lipinski definition) is 0. The third-order valence-corrected chi connectivity index (χ3v) is 2.41. The van der Waals surface area contributed by atoms with Gasteiger partial charge in [0.1, 0.15) is 12.0 Å². The number of carbonyl (C=O) groups excluding carboxylic acids is 1. The summed E-state index contributed by atoms with van der Waals surface area (Å²) in [5.41, 5.74) is 2.67. The van der Waals surface area contributed by atoms with Gasteiger partial charge in [0, 0.05) is 11.4 Å². The van der Waals surface area contributed by atoms with Gasteiger partial charge in [0.2, 0.25) is 0 Å². The maximum Gasteiger partial charge on any atom is 0.150 e. The highest BCUT2D eigenvalue weighted by Crippen LogP contribution is 2.24. The van der Waals surface area contributed by atoms with Gasteiger partial charge in [0.05, 0.1) is 6.61 Å². The van der Waals surface area contributed by atoms with Crippen molar-refractivity contribution < 1.29 is 9.53 Å². The summed E-state index contributed by atoms with van der Waals surface area (Å²) < 4.78 is 5.61. The van der Waals surface area contributed by atoms with Crippen molar-refractivity contribution in [3.63, 3.8) is 0 Å². The van der Waals surface area contributed by atoms with E-state index >= 15 is 0 Å². The minimum Gasteiger partial charge on any atom is -0.493 e. The fourth-order valence-corrected chi connectivity index (χ4v) is 1.62. The van der Waals surface area contributed by atoms with Gasteiger partial charge < -0.3 is 4.74 Å². The summed E-state index contributed by atoms with van der Waals surface area (Å²) in [7, 11) is 0. The summed E-state index contributed by atoms with van der Waals surface area (Å²) in [6, 6.07) is 3.66. The topological polar surface area (TPSA) is 26.3 Å². The number of alkyl halides is 1. The normalized spacial score (nSPS) is 10.1. The van der Waals surface area contributed by atoms with E-state index in [2.05, 4.69) is 0 Å². The largest absolute Gasteiger partial charge is 0.493 e. The number of rotatable bonds is 5. The predicted molar refractivity (Wildman–Crippen MR) is 62.1 cm³/mol. The van der Waals surface area contributed by atoms with Crippen LogP contribution in [0.2, 0.25) is 0 Å². The zero-order valence-corrected chi connectivity index (χ0v) is 9.80. The van der Waals surface area contributed by atoms with E-state index in [0.717, 1.165) is 29.6 Å². The first-order valence-corrected chi connectivity index (χ1v) is 5.47. The van der Waals surface area contributed by atoms with Crippen LogP contribution in [-0.2, 0) is 0 Å². The van der Waals surface area contributed by atoms with Crippen LogP contribution in [0.3, 0.4) is 0 Å².